The fourth-order valence-electron chi connectivity index (χ4n) is 2.41. The molecule has 0 spiro atoms. The molecule has 0 bridgehead atoms. The lowest BCUT2D eigenvalue weighted by molar-refractivity contribution is 0.258. The number of rotatable bonds is 1. The Morgan fingerprint density at radius 2 is 1.67 bits per heavy atom. The summed E-state index contributed by atoms with van der Waals surface area (Å²) in [5, 5.41) is 4.14. The molecule has 1 aliphatic heterocycles. The second-order valence-corrected chi connectivity index (χ2v) is 4.48. The Labute approximate surface area is 92.4 Å². The first-order valence-corrected chi connectivity index (χ1v) is 6.18. The number of ether oxygens (including phenoxy) is 1. The minimum Gasteiger partial charge on any atom is -0.466 e. The van der Waals surface area contributed by atoms with Gasteiger partial charge in [-0.1, -0.05) is 38.5 Å². The van der Waals surface area contributed by atoms with Crippen LogP contribution in [0.1, 0.15) is 51.4 Å². The van der Waals surface area contributed by atoms with Crippen LogP contribution in [0.15, 0.2) is 24.4 Å². The van der Waals surface area contributed by atoms with E-state index in [9.17, 15) is 0 Å². The van der Waals surface area contributed by atoms with Crippen LogP contribution in [0, 0.1) is 5.92 Å². The van der Waals surface area contributed by atoms with Crippen LogP contribution in [0.2, 0.25) is 0 Å². The van der Waals surface area contributed by atoms with Crippen LogP contribution in [0.4, 0.5) is 0 Å². The van der Waals surface area contributed by atoms with Gasteiger partial charge >= 0.3 is 0 Å². The molecule has 83 valence electrons. The second kappa shape index (κ2) is 5.84. The quantitative estimate of drug-likeness (QED) is 0.642. The first kappa shape index (κ1) is 10.6. The van der Waals surface area contributed by atoms with E-state index in [0.717, 1.165) is 5.76 Å². The Balaban J connectivity index is 1.89. The van der Waals surface area contributed by atoms with Crippen LogP contribution in [0.5, 0.6) is 0 Å². The minimum absolute atomic E-state index is 0.608. The predicted molar refractivity (Wildman–Crippen MR) is 60.9 cm³/mol. The monoisotopic (exact) mass is 206 g/mol. The van der Waals surface area contributed by atoms with Crippen molar-refractivity contribution in [1.82, 2.24) is 5.32 Å². The fourth-order valence-corrected chi connectivity index (χ4v) is 2.41. The van der Waals surface area contributed by atoms with Crippen LogP contribution in [0.25, 0.3) is 0 Å². The summed E-state index contributed by atoms with van der Waals surface area (Å²) in [4.78, 5) is 0. The van der Waals surface area contributed by atoms with Crippen molar-refractivity contribution in [2.24, 2.45) is 5.92 Å². The summed E-state index contributed by atoms with van der Waals surface area (Å²) >= 11 is 0. The molecule has 0 atom stereocenters. The molecule has 0 amide bonds. The standard InChI is InChI=1S/C13H20NO/c1-2-4-6-8-12(7-5-3-1)13-11-14-9-10-15-13/h9-12H,1-8H2. The highest BCUT2D eigenvalue weighted by molar-refractivity contribution is 5.04. The lowest BCUT2D eigenvalue weighted by Crippen LogP contribution is -2.10. The third kappa shape index (κ3) is 3.29. The van der Waals surface area contributed by atoms with E-state index < -0.39 is 0 Å². The molecule has 0 unspecified atom stereocenters. The molecule has 1 aliphatic carbocycles. The van der Waals surface area contributed by atoms with E-state index in [1.54, 1.807) is 12.5 Å². The molecule has 1 heterocycles. The molecule has 0 saturated heterocycles. The highest BCUT2D eigenvalue weighted by Crippen LogP contribution is 2.28. The molecule has 2 rings (SSSR count). The zero-order valence-corrected chi connectivity index (χ0v) is 9.32. The van der Waals surface area contributed by atoms with E-state index in [2.05, 4.69) is 5.32 Å². The molecule has 1 radical (unpaired) electrons. The topological polar surface area (TPSA) is 23.3 Å². The van der Waals surface area contributed by atoms with Crippen LogP contribution in [-0.4, -0.2) is 0 Å². The maximum Gasteiger partial charge on any atom is 0.124 e. The summed E-state index contributed by atoms with van der Waals surface area (Å²) < 4.78 is 5.54. The predicted octanol–water partition coefficient (Wildman–Crippen LogP) is 3.68. The van der Waals surface area contributed by atoms with E-state index in [-0.39, 0.29) is 0 Å². The first-order valence-electron chi connectivity index (χ1n) is 6.18. The number of allylic oxidation sites excluding steroid dienone is 1. The Kier molecular flexibility index (Phi) is 4.12. The average molecular weight is 206 g/mol. The molecule has 0 aromatic rings. The van der Waals surface area contributed by atoms with Gasteiger partial charge in [0.2, 0.25) is 0 Å². The molecule has 2 nitrogen and oxygen atoms in total. The number of nitrogens with zero attached hydrogens (tertiary/aromatic N) is 1. The Hall–Kier alpha value is -0.920. The summed E-state index contributed by atoms with van der Waals surface area (Å²) in [5.41, 5.74) is 0. The average Bonchev–Trinajstić information content (AvgIpc) is 2.43. The van der Waals surface area contributed by atoms with Crippen LogP contribution in [0.3, 0.4) is 0 Å². The van der Waals surface area contributed by atoms with Crippen LogP contribution >= 0.6 is 0 Å². The van der Waals surface area contributed by atoms with Crippen molar-refractivity contribution in [3.63, 3.8) is 0 Å². The van der Waals surface area contributed by atoms with Gasteiger partial charge in [0.15, 0.2) is 0 Å². The van der Waals surface area contributed by atoms with Crippen LogP contribution in [-0.2, 0) is 4.74 Å². The highest BCUT2D eigenvalue weighted by atomic mass is 16.5. The smallest absolute Gasteiger partial charge is 0.124 e. The van der Waals surface area contributed by atoms with Gasteiger partial charge in [0, 0.05) is 5.92 Å². The van der Waals surface area contributed by atoms with Crippen molar-refractivity contribution in [2.75, 3.05) is 0 Å². The molecule has 2 heteroatoms. The third-order valence-electron chi connectivity index (χ3n) is 3.31. The first-order chi connectivity index (χ1) is 7.47. The molecule has 15 heavy (non-hydrogen) atoms. The maximum atomic E-state index is 5.54. The fraction of sp³-hybridized carbons (Fsp3) is 0.692. The van der Waals surface area contributed by atoms with Crippen molar-refractivity contribution in [3.8, 4) is 0 Å². The van der Waals surface area contributed by atoms with Crippen molar-refractivity contribution in [3.05, 3.63) is 24.4 Å². The summed E-state index contributed by atoms with van der Waals surface area (Å²) in [6.45, 7) is 0. The highest BCUT2D eigenvalue weighted by Gasteiger charge is 2.17. The van der Waals surface area contributed by atoms with Gasteiger partial charge in [0.25, 0.3) is 0 Å². The zero-order chi connectivity index (χ0) is 10.3. The normalized spacial score (nSPS) is 24.1. The molecule has 1 fully saturated rings. The Morgan fingerprint density at radius 1 is 1.00 bits per heavy atom. The van der Waals surface area contributed by atoms with E-state index in [1.807, 2.05) is 6.20 Å². The van der Waals surface area contributed by atoms with E-state index in [4.69, 9.17) is 4.74 Å². The summed E-state index contributed by atoms with van der Waals surface area (Å²) in [5.74, 6) is 1.69. The van der Waals surface area contributed by atoms with E-state index in [0.29, 0.717) is 5.92 Å². The van der Waals surface area contributed by atoms with Gasteiger partial charge in [0.1, 0.15) is 12.0 Å². The van der Waals surface area contributed by atoms with Crippen molar-refractivity contribution < 1.29 is 4.74 Å². The Morgan fingerprint density at radius 3 is 2.27 bits per heavy atom. The Bertz CT molecular complexity index is 235. The second-order valence-electron chi connectivity index (χ2n) is 4.48. The molecule has 0 aromatic carbocycles. The van der Waals surface area contributed by atoms with Gasteiger partial charge in [-0.2, -0.15) is 0 Å². The maximum absolute atomic E-state index is 5.54. The molecular weight excluding hydrogens is 186 g/mol. The van der Waals surface area contributed by atoms with E-state index in [1.165, 1.54) is 51.4 Å². The third-order valence-corrected chi connectivity index (χ3v) is 3.31. The van der Waals surface area contributed by atoms with Gasteiger partial charge in [-0.05, 0) is 12.8 Å². The summed E-state index contributed by atoms with van der Waals surface area (Å²) in [6, 6.07) is 0. The largest absolute Gasteiger partial charge is 0.466 e. The lowest BCUT2D eigenvalue weighted by Gasteiger charge is -2.19. The van der Waals surface area contributed by atoms with Gasteiger partial charge in [-0.25, -0.2) is 0 Å². The number of hydrogen-bond acceptors (Lipinski definition) is 1. The lowest BCUT2D eigenvalue weighted by atomic mass is 9.95. The summed E-state index contributed by atoms with van der Waals surface area (Å²) in [6.07, 6.45) is 16.1. The van der Waals surface area contributed by atoms with E-state index >= 15 is 0 Å². The van der Waals surface area contributed by atoms with Crippen LogP contribution < -0.4 is 5.32 Å². The minimum atomic E-state index is 0.608. The molecule has 1 saturated carbocycles. The van der Waals surface area contributed by atoms with Gasteiger partial charge < -0.3 is 4.74 Å². The van der Waals surface area contributed by atoms with Crippen molar-refractivity contribution in [2.45, 2.75) is 51.4 Å². The molecular formula is C13H20NO. The van der Waals surface area contributed by atoms with Gasteiger partial charge in [-0.15, -0.1) is 0 Å². The molecule has 0 N–H and O–H groups in total. The SMILES string of the molecule is C1=COC(C2CCCCCCCC2)=C[N]1. The van der Waals surface area contributed by atoms with Gasteiger partial charge in [0.05, 0.1) is 12.4 Å². The zero-order valence-electron chi connectivity index (χ0n) is 9.32. The van der Waals surface area contributed by atoms with Crippen molar-refractivity contribution in [1.29, 1.82) is 0 Å². The summed E-state index contributed by atoms with van der Waals surface area (Å²) in [7, 11) is 0. The number of hydrogen-bond donors (Lipinski definition) is 0. The van der Waals surface area contributed by atoms with Gasteiger partial charge in [-0.3, -0.25) is 5.32 Å². The molecule has 0 aromatic heterocycles. The molecule has 2 aliphatic rings. The van der Waals surface area contributed by atoms with Crippen molar-refractivity contribution >= 4 is 0 Å².